The van der Waals surface area contributed by atoms with Gasteiger partial charge in [-0.1, -0.05) is 0 Å². The molecule has 1 fully saturated rings. The number of hydrogen-bond acceptors (Lipinski definition) is 9. The van der Waals surface area contributed by atoms with E-state index in [2.05, 4.69) is 30.5 Å². The van der Waals surface area contributed by atoms with E-state index in [-0.39, 0.29) is 24.2 Å². The molecule has 2 amide bonds. The molecule has 5 heterocycles. The van der Waals surface area contributed by atoms with Gasteiger partial charge in [0.15, 0.2) is 0 Å². The third-order valence-corrected chi connectivity index (χ3v) is 5.43. The molecule has 32 heavy (non-hydrogen) atoms. The van der Waals surface area contributed by atoms with Crippen LogP contribution in [0.25, 0.3) is 0 Å². The minimum atomic E-state index is -0.520. The third kappa shape index (κ3) is 3.62. The van der Waals surface area contributed by atoms with Crippen molar-refractivity contribution in [1.82, 2.24) is 20.3 Å². The van der Waals surface area contributed by atoms with Crippen molar-refractivity contribution in [2.45, 2.75) is 6.54 Å². The molecule has 0 unspecified atom stereocenters. The molecule has 2 aliphatic heterocycles. The fraction of sp³-hybridized carbons (Fsp3) is 0.286. The average Bonchev–Trinajstić information content (AvgIpc) is 3.45. The monoisotopic (exact) mass is 435 g/mol. The van der Waals surface area contributed by atoms with Gasteiger partial charge in [-0.3, -0.25) is 19.5 Å². The molecule has 2 aliphatic rings. The highest BCUT2D eigenvalue weighted by molar-refractivity contribution is 6.09. The fourth-order valence-electron chi connectivity index (χ4n) is 3.80. The molecule has 3 aromatic heterocycles. The first-order valence-electron chi connectivity index (χ1n) is 10.2. The van der Waals surface area contributed by atoms with Crippen molar-refractivity contribution < 1.29 is 18.7 Å². The Bertz CT molecular complexity index is 1170. The van der Waals surface area contributed by atoms with Crippen LogP contribution in [0.15, 0.2) is 41.3 Å². The van der Waals surface area contributed by atoms with E-state index in [1.807, 2.05) is 6.07 Å². The molecule has 0 aliphatic carbocycles. The number of methoxy groups -OCH3 is 1. The van der Waals surface area contributed by atoms with Crippen LogP contribution in [0.2, 0.25) is 0 Å². The van der Waals surface area contributed by atoms with E-state index in [0.29, 0.717) is 17.1 Å². The Morgan fingerprint density at radius 2 is 2.06 bits per heavy atom. The zero-order valence-corrected chi connectivity index (χ0v) is 17.4. The second-order valence-corrected chi connectivity index (χ2v) is 7.36. The van der Waals surface area contributed by atoms with Crippen molar-refractivity contribution >= 4 is 29.1 Å². The number of anilines is 3. The standard InChI is InChI=1S/C21H21N7O4/c1-31-17-8-14-13(9-24-17)12-28(21(14)30)18-11-25-20(32-18)19(29)26-15-10-23-3-2-16(15)27-6-4-22-5-7-27/h2-3,8-11,22H,4-7,12H2,1H3,(H,26,29). The lowest BCUT2D eigenvalue weighted by Crippen LogP contribution is -2.43. The van der Waals surface area contributed by atoms with E-state index in [9.17, 15) is 9.59 Å². The highest BCUT2D eigenvalue weighted by atomic mass is 16.5. The van der Waals surface area contributed by atoms with Gasteiger partial charge in [-0.05, 0) is 6.07 Å². The molecule has 1 saturated heterocycles. The summed E-state index contributed by atoms with van der Waals surface area (Å²) in [6.45, 7) is 3.66. The number of carbonyl (C=O) groups is 2. The Hall–Kier alpha value is -3.99. The lowest BCUT2D eigenvalue weighted by atomic mass is 10.2. The summed E-state index contributed by atoms with van der Waals surface area (Å²) in [5.41, 5.74) is 2.68. The summed E-state index contributed by atoms with van der Waals surface area (Å²) >= 11 is 0. The summed E-state index contributed by atoms with van der Waals surface area (Å²) in [7, 11) is 1.49. The van der Waals surface area contributed by atoms with Gasteiger partial charge in [-0.2, -0.15) is 0 Å². The van der Waals surface area contributed by atoms with Crippen LogP contribution >= 0.6 is 0 Å². The minimum absolute atomic E-state index is 0.144. The molecule has 0 atom stereocenters. The van der Waals surface area contributed by atoms with Gasteiger partial charge in [0.1, 0.15) is 0 Å². The molecule has 5 rings (SSSR count). The normalized spacial score (nSPS) is 15.6. The van der Waals surface area contributed by atoms with E-state index in [0.717, 1.165) is 37.4 Å². The number of aromatic nitrogens is 3. The Balaban J connectivity index is 1.33. The maximum atomic E-state index is 12.8. The predicted molar refractivity (Wildman–Crippen MR) is 115 cm³/mol. The molecule has 0 bridgehead atoms. The molecule has 2 N–H and O–H groups in total. The summed E-state index contributed by atoms with van der Waals surface area (Å²) in [6.07, 6.45) is 6.25. The maximum absolute atomic E-state index is 12.8. The van der Waals surface area contributed by atoms with E-state index in [1.54, 1.807) is 24.7 Å². The largest absolute Gasteiger partial charge is 0.481 e. The van der Waals surface area contributed by atoms with E-state index < -0.39 is 5.91 Å². The first-order chi connectivity index (χ1) is 15.6. The smallest absolute Gasteiger partial charge is 0.311 e. The number of amides is 2. The number of pyridine rings is 2. The van der Waals surface area contributed by atoms with Crippen molar-refractivity contribution in [2.75, 3.05) is 48.4 Å². The van der Waals surface area contributed by atoms with Gasteiger partial charge < -0.3 is 24.7 Å². The number of carbonyl (C=O) groups excluding carboxylic acids is 2. The van der Waals surface area contributed by atoms with Crippen LogP contribution in [0.4, 0.5) is 17.3 Å². The topological polar surface area (TPSA) is 126 Å². The number of piperazine rings is 1. The van der Waals surface area contributed by atoms with Gasteiger partial charge in [0.2, 0.25) is 11.8 Å². The van der Waals surface area contributed by atoms with Crippen LogP contribution < -0.4 is 25.2 Å². The predicted octanol–water partition coefficient (Wildman–Crippen LogP) is 1.30. The molecule has 0 saturated carbocycles. The highest BCUT2D eigenvalue weighted by Crippen LogP contribution is 2.30. The van der Waals surface area contributed by atoms with E-state index in [4.69, 9.17) is 9.15 Å². The Labute approximate surface area is 183 Å². The summed E-state index contributed by atoms with van der Waals surface area (Å²) < 4.78 is 10.7. The summed E-state index contributed by atoms with van der Waals surface area (Å²) in [4.78, 5) is 41.5. The second-order valence-electron chi connectivity index (χ2n) is 7.36. The van der Waals surface area contributed by atoms with Crippen molar-refractivity contribution in [2.24, 2.45) is 0 Å². The zero-order chi connectivity index (χ0) is 22.1. The number of nitrogens with zero attached hydrogens (tertiary/aromatic N) is 5. The van der Waals surface area contributed by atoms with Crippen molar-refractivity contribution in [3.05, 3.63) is 53.9 Å². The SMILES string of the molecule is COc1cc2c(cn1)CN(c1cnc(C(=O)Nc3cnccc3N3CCNCC3)o1)C2=O. The van der Waals surface area contributed by atoms with Gasteiger partial charge in [0.25, 0.3) is 11.8 Å². The summed E-state index contributed by atoms with van der Waals surface area (Å²) in [5.74, 6) is -0.392. The number of hydrogen-bond donors (Lipinski definition) is 2. The molecule has 0 aromatic carbocycles. The first-order valence-corrected chi connectivity index (χ1v) is 10.2. The van der Waals surface area contributed by atoms with E-state index >= 15 is 0 Å². The Morgan fingerprint density at radius 1 is 1.22 bits per heavy atom. The van der Waals surface area contributed by atoms with Gasteiger partial charge >= 0.3 is 5.91 Å². The highest BCUT2D eigenvalue weighted by Gasteiger charge is 2.32. The van der Waals surface area contributed by atoms with Crippen LogP contribution in [-0.4, -0.2) is 60.1 Å². The van der Waals surface area contributed by atoms with Crippen LogP contribution in [0.5, 0.6) is 5.88 Å². The van der Waals surface area contributed by atoms with Crippen molar-refractivity contribution in [3.8, 4) is 5.88 Å². The molecule has 0 radical (unpaired) electrons. The molecular formula is C21H21N7O4. The summed E-state index contributed by atoms with van der Waals surface area (Å²) in [6, 6.07) is 3.45. The number of rotatable bonds is 5. The molecular weight excluding hydrogens is 414 g/mol. The quantitative estimate of drug-likeness (QED) is 0.610. The lowest BCUT2D eigenvalue weighted by Gasteiger charge is -2.30. The van der Waals surface area contributed by atoms with Crippen LogP contribution in [0.1, 0.15) is 26.6 Å². The van der Waals surface area contributed by atoms with Crippen molar-refractivity contribution in [1.29, 1.82) is 0 Å². The maximum Gasteiger partial charge on any atom is 0.311 e. The Morgan fingerprint density at radius 3 is 2.88 bits per heavy atom. The lowest BCUT2D eigenvalue weighted by molar-refractivity contribution is 0.0972. The minimum Gasteiger partial charge on any atom is -0.481 e. The van der Waals surface area contributed by atoms with Gasteiger partial charge in [0, 0.05) is 50.2 Å². The van der Waals surface area contributed by atoms with Crippen LogP contribution in [0, 0.1) is 0 Å². The molecule has 3 aromatic rings. The van der Waals surface area contributed by atoms with Gasteiger partial charge in [-0.25, -0.2) is 9.97 Å². The number of oxazole rings is 1. The first kappa shape index (κ1) is 19.9. The number of ether oxygens (including phenoxy) is 1. The average molecular weight is 435 g/mol. The van der Waals surface area contributed by atoms with E-state index in [1.165, 1.54) is 18.2 Å². The van der Waals surface area contributed by atoms with Gasteiger partial charge in [-0.15, -0.1) is 0 Å². The third-order valence-electron chi connectivity index (χ3n) is 5.43. The Kier molecular flexibility index (Phi) is 5.15. The zero-order valence-electron chi connectivity index (χ0n) is 17.4. The molecule has 11 heteroatoms. The van der Waals surface area contributed by atoms with Crippen LogP contribution in [0.3, 0.4) is 0 Å². The number of nitrogens with one attached hydrogen (secondary N) is 2. The van der Waals surface area contributed by atoms with Crippen molar-refractivity contribution in [3.63, 3.8) is 0 Å². The summed E-state index contributed by atoms with van der Waals surface area (Å²) in [5, 5.41) is 6.13. The van der Waals surface area contributed by atoms with Crippen LogP contribution in [-0.2, 0) is 6.54 Å². The second kappa shape index (κ2) is 8.27. The molecule has 164 valence electrons. The van der Waals surface area contributed by atoms with Gasteiger partial charge in [0.05, 0.1) is 43.0 Å². The molecule has 11 nitrogen and oxygen atoms in total. The fourth-order valence-corrected chi connectivity index (χ4v) is 3.80. The number of fused-ring (bicyclic) bond motifs is 1. The molecule has 0 spiro atoms.